The van der Waals surface area contributed by atoms with Gasteiger partial charge in [0.2, 0.25) is 0 Å². The number of aromatic carboxylic acids is 1. The summed E-state index contributed by atoms with van der Waals surface area (Å²) in [5.74, 6) is -0.434. The average Bonchev–Trinajstić information content (AvgIpc) is 2.76. The number of benzene rings is 1. The van der Waals surface area contributed by atoms with Crippen LogP contribution >= 0.6 is 15.9 Å². The van der Waals surface area contributed by atoms with Crippen LogP contribution in [0.25, 0.3) is 5.69 Å². The molecule has 0 aliphatic rings. The Bertz CT molecular complexity index is 687. The Balaban J connectivity index is 2.79. The molecule has 0 spiro atoms. The van der Waals surface area contributed by atoms with Gasteiger partial charge in [-0.25, -0.2) is 9.48 Å². The summed E-state index contributed by atoms with van der Waals surface area (Å²) in [7, 11) is 1.58. The van der Waals surface area contributed by atoms with E-state index < -0.39 is 5.97 Å². The predicted molar refractivity (Wildman–Crippen MR) is 83.5 cm³/mol. The molecule has 0 aliphatic carbocycles. The van der Waals surface area contributed by atoms with E-state index in [9.17, 15) is 9.90 Å². The van der Waals surface area contributed by atoms with Crippen molar-refractivity contribution in [2.75, 3.05) is 7.11 Å². The zero-order chi connectivity index (χ0) is 15.8. The Morgan fingerprint density at radius 2 is 1.95 bits per heavy atom. The van der Waals surface area contributed by atoms with Crippen LogP contribution in [0, 0.1) is 0 Å². The Morgan fingerprint density at radius 1 is 1.33 bits per heavy atom. The van der Waals surface area contributed by atoms with Crippen LogP contribution in [0.4, 0.5) is 0 Å². The van der Waals surface area contributed by atoms with Crippen molar-refractivity contribution < 1.29 is 14.6 Å². The average molecular weight is 353 g/mol. The first-order valence-electron chi connectivity index (χ1n) is 6.43. The Kier molecular flexibility index (Phi) is 4.09. The summed E-state index contributed by atoms with van der Waals surface area (Å²) in [5, 5.41) is 13.6. The van der Waals surface area contributed by atoms with Gasteiger partial charge in [0.15, 0.2) is 5.69 Å². The van der Waals surface area contributed by atoms with Gasteiger partial charge in [-0.2, -0.15) is 5.10 Å². The highest BCUT2D eigenvalue weighted by Crippen LogP contribution is 2.36. The third-order valence-electron chi connectivity index (χ3n) is 3.05. The number of carbonyl (C=O) groups is 1. The van der Waals surface area contributed by atoms with Crippen LogP contribution in [0.1, 0.15) is 37.0 Å². The summed E-state index contributed by atoms with van der Waals surface area (Å²) in [6.07, 6.45) is 0. The minimum atomic E-state index is -1.07. The molecule has 5 nitrogen and oxygen atoms in total. The topological polar surface area (TPSA) is 64.4 Å². The van der Waals surface area contributed by atoms with Gasteiger partial charge in [-0.3, -0.25) is 0 Å². The van der Waals surface area contributed by atoms with Crippen molar-refractivity contribution in [1.82, 2.24) is 9.78 Å². The molecule has 6 heteroatoms. The second-order valence-corrected chi connectivity index (χ2v) is 6.44. The van der Waals surface area contributed by atoms with Crippen molar-refractivity contribution in [3.63, 3.8) is 0 Å². The number of hydrogen-bond donors (Lipinski definition) is 1. The van der Waals surface area contributed by atoms with E-state index in [-0.39, 0.29) is 11.1 Å². The number of para-hydroxylation sites is 2. The first-order valence-corrected chi connectivity index (χ1v) is 7.22. The predicted octanol–water partition coefficient (Wildman–Crippen LogP) is 3.64. The zero-order valence-electron chi connectivity index (χ0n) is 12.3. The quantitative estimate of drug-likeness (QED) is 0.915. The lowest BCUT2D eigenvalue weighted by molar-refractivity contribution is 0.0689. The molecule has 0 unspecified atom stereocenters. The second-order valence-electron chi connectivity index (χ2n) is 5.65. The lowest BCUT2D eigenvalue weighted by Gasteiger charge is -2.22. The van der Waals surface area contributed by atoms with Gasteiger partial charge in [0, 0.05) is 5.41 Å². The number of methoxy groups -OCH3 is 1. The van der Waals surface area contributed by atoms with Gasteiger partial charge in [0.05, 0.1) is 17.3 Å². The number of nitrogens with zero attached hydrogens (tertiary/aromatic N) is 2. The third kappa shape index (κ3) is 2.81. The van der Waals surface area contributed by atoms with Crippen molar-refractivity contribution in [2.45, 2.75) is 26.2 Å². The molecule has 0 saturated carbocycles. The summed E-state index contributed by atoms with van der Waals surface area (Å²) in [5.41, 5.74) is 1.19. The molecule has 2 rings (SSSR count). The highest BCUT2D eigenvalue weighted by Gasteiger charge is 2.30. The van der Waals surface area contributed by atoms with Crippen LogP contribution in [0.3, 0.4) is 0 Å². The van der Waals surface area contributed by atoms with E-state index in [0.717, 1.165) is 5.69 Å². The second kappa shape index (κ2) is 5.52. The number of rotatable bonds is 3. The van der Waals surface area contributed by atoms with Crippen molar-refractivity contribution in [2.24, 2.45) is 0 Å². The van der Waals surface area contributed by atoms with Crippen molar-refractivity contribution in [1.29, 1.82) is 0 Å². The fourth-order valence-corrected chi connectivity index (χ4v) is 3.17. The molecule has 0 aliphatic heterocycles. The van der Waals surface area contributed by atoms with E-state index in [4.69, 9.17) is 4.74 Å². The highest BCUT2D eigenvalue weighted by atomic mass is 79.9. The largest absolute Gasteiger partial charge is 0.494 e. The summed E-state index contributed by atoms with van der Waals surface area (Å²) < 4.78 is 7.48. The van der Waals surface area contributed by atoms with Gasteiger partial charge < -0.3 is 9.84 Å². The first-order chi connectivity index (χ1) is 9.77. The molecule has 1 aromatic carbocycles. The standard InChI is InChI=1S/C15H17BrN2O3/c1-15(2,3)13-11(16)12(14(19)20)17-18(13)9-7-5-6-8-10(9)21-4/h5-8H,1-4H3,(H,19,20). The Morgan fingerprint density at radius 3 is 2.48 bits per heavy atom. The monoisotopic (exact) mass is 352 g/mol. The van der Waals surface area contributed by atoms with Gasteiger partial charge in [0.1, 0.15) is 11.4 Å². The van der Waals surface area contributed by atoms with Crippen LogP contribution < -0.4 is 4.74 Å². The molecule has 0 radical (unpaired) electrons. The maximum atomic E-state index is 11.4. The normalized spacial score (nSPS) is 11.5. The lowest BCUT2D eigenvalue weighted by Crippen LogP contribution is -2.18. The molecule has 1 aromatic heterocycles. The molecule has 1 N–H and O–H groups in total. The number of halogens is 1. The number of hydrogen-bond acceptors (Lipinski definition) is 3. The van der Waals surface area contributed by atoms with E-state index in [1.54, 1.807) is 11.8 Å². The van der Waals surface area contributed by atoms with Crippen LogP contribution in [0.15, 0.2) is 28.7 Å². The van der Waals surface area contributed by atoms with E-state index in [1.165, 1.54) is 0 Å². The molecular formula is C15H17BrN2O3. The van der Waals surface area contributed by atoms with Crippen LogP contribution in [0.5, 0.6) is 5.75 Å². The summed E-state index contributed by atoms with van der Waals surface area (Å²) in [4.78, 5) is 11.4. The van der Waals surface area contributed by atoms with Gasteiger partial charge in [-0.05, 0) is 28.1 Å². The molecular weight excluding hydrogens is 336 g/mol. The summed E-state index contributed by atoms with van der Waals surface area (Å²) in [6, 6.07) is 7.38. The first kappa shape index (κ1) is 15.6. The number of ether oxygens (including phenoxy) is 1. The maximum Gasteiger partial charge on any atom is 0.357 e. The number of carboxylic acids is 1. The van der Waals surface area contributed by atoms with Crippen LogP contribution in [0.2, 0.25) is 0 Å². The van der Waals surface area contributed by atoms with Gasteiger partial charge in [-0.15, -0.1) is 0 Å². The van der Waals surface area contributed by atoms with Crippen LogP contribution in [-0.4, -0.2) is 28.0 Å². The maximum absolute atomic E-state index is 11.4. The Hall–Kier alpha value is -1.82. The smallest absolute Gasteiger partial charge is 0.357 e. The van der Waals surface area contributed by atoms with Gasteiger partial charge in [0.25, 0.3) is 0 Å². The SMILES string of the molecule is COc1ccccc1-n1nc(C(=O)O)c(Br)c1C(C)(C)C. The van der Waals surface area contributed by atoms with Crippen molar-refractivity contribution >= 4 is 21.9 Å². The Labute approximate surface area is 131 Å². The van der Waals surface area contributed by atoms with E-state index in [0.29, 0.717) is 15.9 Å². The fourth-order valence-electron chi connectivity index (χ4n) is 2.16. The summed E-state index contributed by atoms with van der Waals surface area (Å²) in [6.45, 7) is 6.02. The van der Waals surface area contributed by atoms with Crippen molar-refractivity contribution in [3.05, 3.63) is 40.1 Å². The lowest BCUT2D eigenvalue weighted by atomic mass is 9.91. The molecule has 0 atom stereocenters. The molecule has 0 saturated heterocycles. The minimum Gasteiger partial charge on any atom is -0.494 e. The van der Waals surface area contributed by atoms with E-state index in [2.05, 4.69) is 21.0 Å². The molecule has 2 aromatic rings. The van der Waals surface area contributed by atoms with Crippen LogP contribution in [-0.2, 0) is 5.41 Å². The molecule has 0 bridgehead atoms. The number of carboxylic acid groups (broad SMARTS) is 1. The van der Waals surface area contributed by atoms with Gasteiger partial charge >= 0.3 is 5.97 Å². The fraction of sp³-hybridized carbons (Fsp3) is 0.333. The molecule has 21 heavy (non-hydrogen) atoms. The molecule has 112 valence electrons. The molecule has 0 fully saturated rings. The van der Waals surface area contributed by atoms with E-state index in [1.807, 2.05) is 45.0 Å². The minimum absolute atomic E-state index is 0.00849. The highest BCUT2D eigenvalue weighted by molar-refractivity contribution is 9.10. The van der Waals surface area contributed by atoms with Gasteiger partial charge in [-0.1, -0.05) is 32.9 Å². The molecule has 1 heterocycles. The molecule has 0 amide bonds. The third-order valence-corrected chi connectivity index (χ3v) is 3.81. The zero-order valence-corrected chi connectivity index (χ0v) is 13.9. The van der Waals surface area contributed by atoms with Crippen molar-refractivity contribution in [3.8, 4) is 11.4 Å². The van der Waals surface area contributed by atoms with E-state index >= 15 is 0 Å². The number of aromatic nitrogens is 2. The summed E-state index contributed by atoms with van der Waals surface area (Å²) >= 11 is 3.38.